The molecule has 1 rings (SSSR count). The molecule has 1 atom stereocenters. The maximum Gasteiger partial charge on any atom is 0.259 e. The van der Waals surface area contributed by atoms with Crippen LogP contribution in [-0.4, -0.2) is 36.8 Å². The Kier molecular flexibility index (Phi) is 3.41. The molecule has 84 valence electrons. The third kappa shape index (κ3) is 2.73. The Labute approximate surface area is 93.0 Å². The molecule has 0 aromatic rings. The predicted molar refractivity (Wildman–Crippen MR) is 57.1 cm³/mol. The van der Waals surface area contributed by atoms with Gasteiger partial charge in [0.15, 0.2) is 5.37 Å². The normalized spacial score (nSPS) is 20.5. The number of hydrazine groups is 1. The fraction of sp³-hybridized carbons (Fsp3) is 0.375. The van der Waals surface area contributed by atoms with Gasteiger partial charge < -0.3 is 0 Å². The largest absolute Gasteiger partial charge is 0.273 e. The summed E-state index contributed by atoms with van der Waals surface area (Å²) in [5, 5.41) is 1.40. The molecule has 0 aliphatic carbocycles. The van der Waals surface area contributed by atoms with Crippen LogP contribution in [0.1, 0.15) is 6.92 Å². The molecule has 1 aliphatic heterocycles. The van der Waals surface area contributed by atoms with Crippen molar-refractivity contribution in [1.29, 1.82) is 0 Å². The number of amides is 1. The molecule has 0 saturated carbocycles. The van der Waals surface area contributed by atoms with Crippen LogP contribution in [0.5, 0.6) is 0 Å². The first-order chi connectivity index (χ1) is 6.84. The molecule has 7 heteroatoms. The van der Waals surface area contributed by atoms with Crippen LogP contribution in [0.4, 0.5) is 0 Å². The van der Waals surface area contributed by atoms with Gasteiger partial charge in [-0.15, -0.1) is 0 Å². The highest BCUT2D eigenvalue weighted by Gasteiger charge is 2.30. The van der Waals surface area contributed by atoms with Crippen molar-refractivity contribution < 1.29 is 13.2 Å². The Morgan fingerprint density at radius 1 is 1.47 bits per heavy atom. The summed E-state index contributed by atoms with van der Waals surface area (Å²) in [6.07, 6.45) is 6.07. The van der Waals surface area contributed by atoms with E-state index in [1.165, 1.54) is 36.3 Å². The third-order valence-electron chi connectivity index (χ3n) is 1.98. The molecule has 0 N–H and O–H groups in total. The van der Waals surface area contributed by atoms with Crippen LogP contribution >= 0.6 is 10.7 Å². The standard InChI is InChI=1S/C8H11ClN2O3S/c1-7(12)10(2)11-6-4-3-5-8(11)15(9,13)14/h3-6,8H,1-2H3. The van der Waals surface area contributed by atoms with E-state index in [9.17, 15) is 13.2 Å². The molecule has 5 nitrogen and oxygen atoms in total. The van der Waals surface area contributed by atoms with E-state index in [0.29, 0.717) is 0 Å². The number of carbonyl (C=O) groups excluding carboxylic acids is 1. The highest BCUT2D eigenvalue weighted by molar-refractivity contribution is 8.14. The summed E-state index contributed by atoms with van der Waals surface area (Å²) < 4.78 is 22.4. The number of allylic oxidation sites excluding steroid dienone is 2. The van der Waals surface area contributed by atoms with E-state index in [1.54, 1.807) is 12.2 Å². The summed E-state index contributed by atoms with van der Waals surface area (Å²) in [6, 6.07) is 0. The van der Waals surface area contributed by atoms with Gasteiger partial charge >= 0.3 is 0 Å². The Morgan fingerprint density at radius 2 is 2.07 bits per heavy atom. The second kappa shape index (κ2) is 4.24. The van der Waals surface area contributed by atoms with Crippen LogP contribution in [0.15, 0.2) is 24.4 Å². The summed E-state index contributed by atoms with van der Waals surface area (Å²) >= 11 is 0. The molecule has 15 heavy (non-hydrogen) atoms. The molecular weight excluding hydrogens is 240 g/mol. The molecule has 0 radical (unpaired) electrons. The zero-order valence-electron chi connectivity index (χ0n) is 8.29. The first-order valence-corrected chi connectivity index (χ1v) is 6.52. The number of halogens is 1. The zero-order chi connectivity index (χ0) is 11.6. The van der Waals surface area contributed by atoms with Gasteiger partial charge in [-0.05, 0) is 12.2 Å². The highest BCUT2D eigenvalue weighted by Crippen LogP contribution is 2.19. The molecule has 1 aliphatic rings. The smallest absolute Gasteiger partial charge is 0.259 e. The van der Waals surface area contributed by atoms with Gasteiger partial charge in [0, 0.05) is 30.9 Å². The number of rotatable bonds is 2. The van der Waals surface area contributed by atoms with Crippen molar-refractivity contribution in [3.8, 4) is 0 Å². The molecule has 0 spiro atoms. The van der Waals surface area contributed by atoms with E-state index in [0.717, 1.165) is 0 Å². The molecular formula is C8H11ClN2O3S. The van der Waals surface area contributed by atoms with E-state index >= 15 is 0 Å². The monoisotopic (exact) mass is 250 g/mol. The van der Waals surface area contributed by atoms with Crippen LogP contribution in [0.3, 0.4) is 0 Å². The highest BCUT2D eigenvalue weighted by atomic mass is 35.7. The van der Waals surface area contributed by atoms with Crippen molar-refractivity contribution in [3.05, 3.63) is 24.4 Å². The summed E-state index contributed by atoms with van der Waals surface area (Å²) in [7, 11) is 2.95. The minimum Gasteiger partial charge on any atom is -0.273 e. The molecule has 1 amide bonds. The van der Waals surface area contributed by atoms with Gasteiger partial charge in [0.2, 0.25) is 5.91 Å². The molecule has 0 fully saturated rings. The van der Waals surface area contributed by atoms with E-state index in [1.807, 2.05) is 0 Å². The van der Waals surface area contributed by atoms with Gasteiger partial charge in [-0.3, -0.25) is 14.8 Å². The van der Waals surface area contributed by atoms with E-state index in [4.69, 9.17) is 10.7 Å². The predicted octanol–water partition coefficient (Wildman–Crippen LogP) is 0.660. The third-order valence-corrected chi connectivity index (χ3v) is 3.47. The van der Waals surface area contributed by atoms with E-state index in [2.05, 4.69) is 0 Å². The number of hydrogen-bond acceptors (Lipinski definition) is 4. The average molecular weight is 251 g/mol. The Morgan fingerprint density at radius 3 is 2.53 bits per heavy atom. The van der Waals surface area contributed by atoms with Gasteiger partial charge in [0.25, 0.3) is 9.05 Å². The fourth-order valence-corrected chi connectivity index (χ4v) is 2.30. The lowest BCUT2D eigenvalue weighted by molar-refractivity contribution is -0.139. The van der Waals surface area contributed by atoms with Gasteiger partial charge in [-0.2, -0.15) is 0 Å². The topological polar surface area (TPSA) is 57.7 Å². The minimum absolute atomic E-state index is 0.278. The van der Waals surface area contributed by atoms with Crippen LogP contribution in [0.2, 0.25) is 0 Å². The average Bonchev–Trinajstić information content (AvgIpc) is 2.15. The number of nitrogens with zero attached hydrogens (tertiary/aromatic N) is 2. The van der Waals surface area contributed by atoms with Crippen molar-refractivity contribution in [2.75, 3.05) is 7.05 Å². The second-order valence-electron chi connectivity index (χ2n) is 3.02. The van der Waals surface area contributed by atoms with Crippen LogP contribution in [0.25, 0.3) is 0 Å². The summed E-state index contributed by atoms with van der Waals surface area (Å²) in [5.41, 5.74) is 0. The van der Waals surface area contributed by atoms with Gasteiger partial charge in [-0.1, -0.05) is 6.08 Å². The van der Waals surface area contributed by atoms with Crippen LogP contribution in [-0.2, 0) is 13.8 Å². The van der Waals surface area contributed by atoms with Crippen molar-refractivity contribution in [3.63, 3.8) is 0 Å². The SMILES string of the molecule is CC(=O)N(C)N1C=CC=CC1S(=O)(=O)Cl. The summed E-state index contributed by atoms with van der Waals surface area (Å²) in [6.45, 7) is 1.34. The Bertz CT molecular complexity index is 416. The maximum atomic E-state index is 11.2. The quantitative estimate of drug-likeness (QED) is 0.676. The van der Waals surface area contributed by atoms with Crippen molar-refractivity contribution in [1.82, 2.24) is 10.0 Å². The number of carbonyl (C=O) groups is 1. The lowest BCUT2D eigenvalue weighted by atomic mass is 10.4. The minimum atomic E-state index is -3.79. The summed E-state index contributed by atoms with van der Waals surface area (Å²) in [5.74, 6) is -0.278. The fourth-order valence-electron chi connectivity index (χ4n) is 1.13. The van der Waals surface area contributed by atoms with E-state index < -0.39 is 14.4 Å². The molecule has 0 saturated heterocycles. The number of hydrogen-bond donors (Lipinski definition) is 0. The van der Waals surface area contributed by atoms with Gasteiger partial charge in [-0.25, -0.2) is 8.42 Å². The van der Waals surface area contributed by atoms with Crippen molar-refractivity contribution in [2.24, 2.45) is 0 Å². The Hall–Kier alpha value is -1.01. The molecule has 0 aromatic carbocycles. The maximum absolute atomic E-state index is 11.2. The van der Waals surface area contributed by atoms with Crippen molar-refractivity contribution in [2.45, 2.75) is 12.3 Å². The first kappa shape index (κ1) is 12.1. The molecule has 1 heterocycles. The summed E-state index contributed by atoms with van der Waals surface area (Å²) in [4.78, 5) is 11.1. The lowest BCUT2D eigenvalue weighted by Gasteiger charge is -2.34. The van der Waals surface area contributed by atoms with Crippen molar-refractivity contribution >= 4 is 25.6 Å². The van der Waals surface area contributed by atoms with Gasteiger partial charge in [0.05, 0.1) is 0 Å². The lowest BCUT2D eigenvalue weighted by Crippen LogP contribution is -2.47. The first-order valence-electron chi connectivity index (χ1n) is 4.15. The van der Waals surface area contributed by atoms with Gasteiger partial charge in [0.1, 0.15) is 0 Å². The van der Waals surface area contributed by atoms with Crippen LogP contribution < -0.4 is 0 Å². The van der Waals surface area contributed by atoms with Crippen LogP contribution in [0, 0.1) is 0 Å². The second-order valence-corrected chi connectivity index (χ2v) is 5.74. The zero-order valence-corrected chi connectivity index (χ0v) is 9.86. The molecule has 1 unspecified atom stereocenters. The molecule has 0 bridgehead atoms. The van der Waals surface area contributed by atoms with E-state index in [-0.39, 0.29) is 5.91 Å². The molecule has 0 aromatic heterocycles. The Balaban J connectivity index is 3.01.